The molecule has 5 heteroatoms. The van der Waals surface area contributed by atoms with Crippen LogP contribution in [-0.4, -0.2) is 13.1 Å². The number of ether oxygens (including phenoxy) is 1. The van der Waals surface area contributed by atoms with E-state index in [1.807, 2.05) is 37.3 Å². The number of carbonyl (C=O) groups excluding carboxylic acids is 1. The van der Waals surface area contributed by atoms with Crippen molar-refractivity contribution < 1.29 is 9.53 Å². The zero-order valence-corrected chi connectivity index (χ0v) is 12.1. The molecule has 110 valence electrons. The van der Waals surface area contributed by atoms with Crippen LogP contribution in [0.1, 0.15) is 11.1 Å². The molecule has 4 N–H and O–H groups in total. The van der Waals surface area contributed by atoms with E-state index in [9.17, 15) is 4.79 Å². The lowest BCUT2D eigenvalue weighted by molar-refractivity contribution is 0.262. The van der Waals surface area contributed by atoms with Crippen molar-refractivity contribution in [2.24, 2.45) is 5.73 Å². The Morgan fingerprint density at radius 3 is 2.57 bits per heavy atom. The summed E-state index contributed by atoms with van der Waals surface area (Å²) in [5.74, 6) is 0.611. The summed E-state index contributed by atoms with van der Waals surface area (Å²) in [6.07, 6.45) is 0. The quantitative estimate of drug-likeness (QED) is 0.808. The molecule has 0 fully saturated rings. The van der Waals surface area contributed by atoms with Gasteiger partial charge in [0.05, 0.1) is 12.8 Å². The second-order valence-corrected chi connectivity index (χ2v) is 4.63. The van der Waals surface area contributed by atoms with Gasteiger partial charge >= 0.3 is 6.03 Å². The van der Waals surface area contributed by atoms with Gasteiger partial charge in [0.1, 0.15) is 5.75 Å². The highest BCUT2D eigenvalue weighted by atomic mass is 16.5. The summed E-state index contributed by atoms with van der Waals surface area (Å²) in [6, 6.07) is 12.7. The minimum atomic E-state index is -0.322. The first kappa shape index (κ1) is 14.9. The molecule has 0 unspecified atom stereocenters. The average Bonchev–Trinajstić information content (AvgIpc) is 2.50. The molecule has 21 heavy (non-hydrogen) atoms. The molecule has 0 aromatic heterocycles. The maximum Gasteiger partial charge on any atom is 0.323 e. The second kappa shape index (κ2) is 6.76. The number of hydrogen-bond acceptors (Lipinski definition) is 3. The minimum Gasteiger partial charge on any atom is -0.495 e. The van der Waals surface area contributed by atoms with Gasteiger partial charge < -0.3 is 21.1 Å². The predicted molar refractivity (Wildman–Crippen MR) is 84.7 cm³/mol. The minimum absolute atomic E-state index is 0.322. The third-order valence-electron chi connectivity index (χ3n) is 3.14. The molecule has 2 aromatic rings. The standard InChI is InChI=1S/C16H19N3O2/c1-11-7-8-12(10-17)9-14(11)19-16(20)18-13-5-3-4-6-15(13)21-2/h3-9H,10,17H2,1-2H3,(H2,18,19,20). The zero-order valence-electron chi connectivity index (χ0n) is 12.1. The van der Waals surface area contributed by atoms with Gasteiger partial charge in [0.25, 0.3) is 0 Å². The van der Waals surface area contributed by atoms with Crippen LogP contribution in [0.3, 0.4) is 0 Å². The van der Waals surface area contributed by atoms with Gasteiger partial charge in [-0.1, -0.05) is 24.3 Å². The zero-order chi connectivity index (χ0) is 15.2. The van der Waals surface area contributed by atoms with Crippen LogP contribution in [0.15, 0.2) is 42.5 Å². The first-order chi connectivity index (χ1) is 10.1. The lowest BCUT2D eigenvalue weighted by Crippen LogP contribution is -2.20. The third-order valence-corrected chi connectivity index (χ3v) is 3.14. The fraction of sp³-hybridized carbons (Fsp3) is 0.188. The molecule has 0 bridgehead atoms. The maximum absolute atomic E-state index is 12.1. The Labute approximate surface area is 124 Å². The fourth-order valence-corrected chi connectivity index (χ4v) is 1.95. The molecule has 0 aliphatic rings. The van der Waals surface area contributed by atoms with Gasteiger partial charge in [-0.2, -0.15) is 0 Å². The van der Waals surface area contributed by atoms with Gasteiger partial charge in [0.2, 0.25) is 0 Å². The second-order valence-electron chi connectivity index (χ2n) is 4.63. The molecular weight excluding hydrogens is 266 g/mol. The summed E-state index contributed by atoms with van der Waals surface area (Å²) >= 11 is 0. The highest BCUT2D eigenvalue weighted by molar-refractivity contribution is 6.01. The van der Waals surface area contributed by atoms with Crippen LogP contribution < -0.4 is 21.1 Å². The highest BCUT2D eigenvalue weighted by Crippen LogP contribution is 2.23. The highest BCUT2D eigenvalue weighted by Gasteiger charge is 2.08. The van der Waals surface area contributed by atoms with Crippen LogP contribution in [0, 0.1) is 6.92 Å². The summed E-state index contributed by atoms with van der Waals surface area (Å²) in [7, 11) is 1.56. The molecule has 0 heterocycles. The van der Waals surface area contributed by atoms with Gasteiger partial charge in [0.15, 0.2) is 0 Å². The van der Waals surface area contributed by atoms with Crippen LogP contribution in [0.5, 0.6) is 5.75 Å². The van der Waals surface area contributed by atoms with Crippen LogP contribution in [0.4, 0.5) is 16.2 Å². The van der Waals surface area contributed by atoms with E-state index in [0.29, 0.717) is 18.0 Å². The number of aryl methyl sites for hydroxylation is 1. The van der Waals surface area contributed by atoms with E-state index in [-0.39, 0.29) is 6.03 Å². The number of urea groups is 1. The van der Waals surface area contributed by atoms with Crippen molar-refractivity contribution in [1.82, 2.24) is 0 Å². The fourth-order valence-electron chi connectivity index (χ4n) is 1.95. The average molecular weight is 285 g/mol. The van der Waals surface area contributed by atoms with E-state index in [2.05, 4.69) is 10.6 Å². The number of rotatable bonds is 4. The molecule has 2 rings (SSSR count). The summed E-state index contributed by atoms with van der Waals surface area (Å²) in [5.41, 5.74) is 8.91. The van der Waals surface area contributed by atoms with Gasteiger partial charge in [-0.05, 0) is 36.2 Å². The van der Waals surface area contributed by atoms with E-state index < -0.39 is 0 Å². The Hall–Kier alpha value is -2.53. The van der Waals surface area contributed by atoms with Crippen LogP contribution in [0.25, 0.3) is 0 Å². The Balaban J connectivity index is 2.11. The number of methoxy groups -OCH3 is 1. The topological polar surface area (TPSA) is 76.4 Å². The van der Waals surface area contributed by atoms with Crippen molar-refractivity contribution in [1.29, 1.82) is 0 Å². The first-order valence-electron chi connectivity index (χ1n) is 6.64. The molecule has 5 nitrogen and oxygen atoms in total. The molecule has 0 spiro atoms. The number of anilines is 2. The number of carbonyl (C=O) groups is 1. The van der Waals surface area contributed by atoms with E-state index in [1.165, 1.54) is 0 Å². The van der Waals surface area contributed by atoms with Crippen molar-refractivity contribution in [3.05, 3.63) is 53.6 Å². The number of para-hydroxylation sites is 2. The van der Waals surface area contributed by atoms with Gasteiger partial charge in [-0.15, -0.1) is 0 Å². The largest absolute Gasteiger partial charge is 0.495 e. The smallest absolute Gasteiger partial charge is 0.323 e. The molecule has 0 aliphatic heterocycles. The lowest BCUT2D eigenvalue weighted by Gasteiger charge is -2.13. The van der Waals surface area contributed by atoms with Gasteiger partial charge in [-0.3, -0.25) is 0 Å². The number of nitrogens with two attached hydrogens (primary N) is 1. The molecule has 0 atom stereocenters. The normalized spacial score (nSPS) is 10.0. The Kier molecular flexibility index (Phi) is 4.79. The molecular formula is C16H19N3O2. The van der Waals surface area contributed by atoms with E-state index in [4.69, 9.17) is 10.5 Å². The van der Waals surface area contributed by atoms with Crippen molar-refractivity contribution in [3.8, 4) is 5.75 Å². The number of nitrogens with one attached hydrogen (secondary N) is 2. The van der Waals surface area contributed by atoms with Crippen molar-refractivity contribution in [2.75, 3.05) is 17.7 Å². The predicted octanol–water partition coefficient (Wildman–Crippen LogP) is 3.11. The van der Waals surface area contributed by atoms with E-state index in [1.54, 1.807) is 19.2 Å². The van der Waals surface area contributed by atoms with Crippen molar-refractivity contribution in [2.45, 2.75) is 13.5 Å². The van der Waals surface area contributed by atoms with Crippen molar-refractivity contribution in [3.63, 3.8) is 0 Å². The van der Waals surface area contributed by atoms with Crippen LogP contribution in [0.2, 0.25) is 0 Å². The van der Waals surface area contributed by atoms with Gasteiger partial charge in [-0.25, -0.2) is 4.79 Å². The van der Waals surface area contributed by atoms with Crippen LogP contribution >= 0.6 is 0 Å². The molecule has 2 amide bonds. The molecule has 0 aliphatic carbocycles. The van der Waals surface area contributed by atoms with Gasteiger partial charge in [0, 0.05) is 12.2 Å². The lowest BCUT2D eigenvalue weighted by atomic mass is 10.1. The summed E-state index contributed by atoms with van der Waals surface area (Å²) in [6.45, 7) is 2.36. The van der Waals surface area contributed by atoms with E-state index >= 15 is 0 Å². The van der Waals surface area contributed by atoms with E-state index in [0.717, 1.165) is 16.8 Å². The van der Waals surface area contributed by atoms with Crippen LogP contribution in [-0.2, 0) is 6.54 Å². The van der Waals surface area contributed by atoms with Crippen molar-refractivity contribution >= 4 is 17.4 Å². The Bertz CT molecular complexity index is 641. The maximum atomic E-state index is 12.1. The molecule has 0 saturated heterocycles. The summed E-state index contributed by atoms with van der Waals surface area (Å²) in [5, 5.41) is 5.59. The Morgan fingerprint density at radius 2 is 1.86 bits per heavy atom. The third kappa shape index (κ3) is 3.73. The Morgan fingerprint density at radius 1 is 1.14 bits per heavy atom. The number of amides is 2. The molecule has 2 aromatic carbocycles. The molecule has 0 radical (unpaired) electrons. The number of benzene rings is 2. The number of hydrogen-bond donors (Lipinski definition) is 3. The summed E-state index contributed by atoms with van der Waals surface area (Å²) in [4.78, 5) is 12.1. The summed E-state index contributed by atoms with van der Waals surface area (Å²) < 4.78 is 5.20. The monoisotopic (exact) mass is 285 g/mol. The SMILES string of the molecule is COc1ccccc1NC(=O)Nc1cc(CN)ccc1C. The first-order valence-corrected chi connectivity index (χ1v) is 6.64. The molecule has 0 saturated carbocycles.